The van der Waals surface area contributed by atoms with Gasteiger partial charge in [0.1, 0.15) is 0 Å². The Labute approximate surface area is 88.8 Å². The minimum Gasteiger partial charge on any atom is -0.329 e. The maximum atomic E-state index is 5.92. The standard InChI is InChI=1S/C12H26N2/c1-4-7-11-8-14(9-11)12(5-2,6-3)10-13/h11H,4-10,13H2,1-3H3. The molecule has 0 radical (unpaired) electrons. The number of nitrogens with zero attached hydrogens (tertiary/aromatic N) is 1. The Morgan fingerprint density at radius 1 is 1.21 bits per heavy atom. The van der Waals surface area contributed by atoms with Crippen molar-refractivity contribution >= 4 is 0 Å². The second-order valence-electron chi connectivity index (χ2n) is 4.70. The summed E-state index contributed by atoms with van der Waals surface area (Å²) in [4.78, 5) is 2.60. The monoisotopic (exact) mass is 198 g/mol. The highest BCUT2D eigenvalue weighted by molar-refractivity contribution is 4.96. The lowest BCUT2D eigenvalue weighted by Gasteiger charge is -2.52. The zero-order chi connectivity index (χ0) is 10.6. The molecule has 1 rings (SSSR count). The summed E-state index contributed by atoms with van der Waals surface area (Å²) < 4.78 is 0. The second kappa shape index (κ2) is 5.13. The van der Waals surface area contributed by atoms with Crippen molar-refractivity contribution in [2.75, 3.05) is 19.6 Å². The average Bonchev–Trinajstić information content (AvgIpc) is 2.17. The number of nitrogens with two attached hydrogens (primary N) is 1. The molecule has 0 atom stereocenters. The van der Waals surface area contributed by atoms with Gasteiger partial charge in [0, 0.05) is 25.2 Å². The molecule has 0 bridgehead atoms. The Hall–Kier alpha value is -0.0800. The third-order valence-corrected chi connectivity index (χ3v) is 4.02. The summed E-state index contributed by atoms with van der Waals surface area (Å²) in [6, 6.07) is 0. The van der Waals surface area contributed by atoms with Crippen LogP contribution in [0.5, 0.6) is 0 Å². The molecule has 1 aliphatic rings. The number of likely N-dealkylation sites (tertiary alicyclic amines) is 1. The maximum absolute atomic E-state index is 5.92. The van der Waals surface area contributed by atoms with E-state index >= 15 is 0 Å². The third kappa shape index (κ3) is 2.12. The van der Waals surface area contributed by atoms with Gasteiger partial charge in [-0.1, -0.05) is 27.2 Å². The SMILES string of the molecule is CCCC1CN(C(CC)(CC)CN)C1. The van der Waals surface area contributed by atoms with Crippen molar-refractivity contribution < 1.29 is 0 Å². The van der Waals surface area contributed by atoms with Gasteiger partial charge in [-0.2, -0.15) is 0 Å². The summed E-state index contributed by atoms with van der Waals surface area (Å²) in [5.74, 6) is 0.948. The lowest BCUT2D eigenvalue weighted by atomic mass is 9.83. The van der Waals surface area contributed by atoms with E-state index in [1.165, 1.54) is 38.8 Å². The van der Waals surface area contributed by atoms with Crippen LogP contribution in [0.1, 0.15) is 46.5 Å². The maximum Gasteiger partial charge on any atom is 0.0326 e. The van der Waals surface area contributed by atoms with Crippen molar-refractivity contribution in [3.63, 3.8) is 0 Å². The Kier molecular flexibility index (Phi) is 4.39. The normalized spacial score (nSPS) is 19.7. The summed E-state index contributed by atoms with van der Waals surface area (Å²) in [6.07, 6.45) is 5.11. The third-order valence-electron chi connectivity index (χ3n) is 4.02. The van der Waals surface area contributed by atoms with E-state index in [0.717, 1.165) is 12.5 Å². The summed E-state index contributed by atoms with van der Waals surface area (Å²) in [7, 11) is 0. The first-order valence-corrected chi connectivity index (χ1v) is 6.17. The van der Waals surface area contributed by atoms with E-state index < -0.39 is 0 Å². The molecule has 0 aromatic heterocycles. The molecule has 2 N–H and O–H groups in total. The van der Waals surface area contributed by atoms with Crippen LogP contribution in [-0.4, -0.2) is 30.1 Å². The fourth-order valence-corrected chi connectivity index (χ4v) is 2.66. The fraction of sp³-hybridized carbons (Fsp3) is 1.00. The molecule has 0 amide bonds. The number of hydrogen-bond acceptors (Lipinski definition) is 2. The molecule has 1 heterocycles. The van der Waals surface area contributed by atoms with E-state index in [4.69, 9.17) is 5.73 Å². The van der Waals surface area contributed by atoms with Crippen LogP contribution in [0.2, 0.25) is 0 Å². The van der Waals surface area contributed by atoms with Crippen LogP contribution in [0.15, 0.2) is 0 Å². The molecule has 2 heteroatoms. The molecule has 2 nitrogen and oxygen atoms in total. The lowest BCUT2D eigenvalue weighted by molar-refractivity contribution is -0.0198. The van der Waals surface area contributed by atoms with E-state index in [1.54, 1.807) is 0 Å². The van der Waals surface area contributed by atoms with Crippen molar-refractivity contribution in [2.24, 2.45) is 11.7 Å². The van der Waals surface area contributed by atoms with Gasteiger partial charge in [-0.15, -0.1) is 0 Å². The smallest absolute Gasteiger partial charge is 0.0326 e. The Morgan fingerprint density at radius 3 is 2.14 bits per heavy atom. The molecule has 0 aromatic carbocycles. The van der Waals surface area contributed by atoms with Crippen LogP contribution in [-0.2, 0) is 0 Å². The van der Waals surface area contributed by atoms with E-state index in [2.05, 4.69) is 25.7 Å². The van der Waals surface area contributed by atoms with Crippen molar-refractivity contribution in [3.05, 3.63) is 0 Å². The van der Waals surface area contributed by atoms with Gasteiger partial charge in [0.05, 0.1) is 0 Å². The zero-order valence-electron chi connectivity index (χ0n) is 10.1. The van der Waals surface area contributed by atoms with Gasteiger partial charge in [-0.3, -0.25) is 4.90 Å². The van der Waals surface area contributed by atoms with Gasteiger partial charge in [-0.25, -0.2) is 0 Å². The molecule has 1 saturated heterocycles. The highest BCUT2D eigenvalue weighted by atomic mass is 15.3. The lowest BCUT2D eigenvalue weighted by Crippen LogP contribution is -2.62. The van der Waals surface area contributed by atoms with E-state index in [0.29, 0.717) is 5.54 Å². The minimum atomic E-state index is 0.310. The molecule has 14 heavy (non-hydrogen) atoms. The predicted octanol–water partition coefficient (Wildman–Crippen LogP) is 2.24. The molecular formula is C12H26N2. The van der Waals surface area contributed by atoms with Crippen LogP contribution in [0.4, 0.5) is 0 Å². The van der Waals surface area contributed by atoms with Gasteiger partial charge in [-0.05, 0) is 25.2 Å². The Balaban J connectivity index is 2.42. The molecule has 84 valence electrons. The second-order valence-corrected chi connectivity index (χ2v) is 4.70. The first-order valence-electron chi connectivity index (χ1n) is 6.17. The minimum absolute atomic E-state index is 0.310. The fourth-order valence-electron chi connectivity index (χ4n) is 2.66. The van der Waals surface area contributed by atoms with Crippen molar-refractivity contribution in [1.29, 1.82) is 0 Å². The van der Waals surface area contributed by atoms with Crippen molar-refractivity contribution in [2.45, 2.75) is 52.0 Å². The number of rotatable bonds is 6. The topological polar surface area (TPSA) is 29.3 Å². The molecule has 0 spiro atoms. The van der Waals surface area contributed by atoms with Gasteiger partial charge < -0.3 is 5.73 Å². The molecule has 0 aliphatic carbocycles. The van der Waals surface area contributed by atoms with Gasteiger partial charge in [0.25, 0.3) is 0 Å². The Morgan fingerprint density at radius 2 is 1.79 bits per heavy atom. The molecular weight excluding hydrogens is 172 g/mol. The first kappa shape index (κ1) is 12.0. The van der Waals surface area contributed by atoms with Gasteiger partial charge in [0.2, 0.25) is 0 Å². The molecule has 1 fully saturated rings. The molecule has 1 aliphatic heterocycles. The van der Waals surface area contributed by atoms with E-state index in [-0.39, 0.29) is 0 Å². The van der Waals surface area contributed by atoms with Crippen LogP contribution in [0.3, 0.4) is 0 Å². The predicted molar refractivity (Wildman–Crippen MR) is 62.3 cm³/mol. The summed E-state index contributed by atoms with van der Waals surface area (Å²) >= 11 is 0. The largest absolute Gasteiger partial charge is 0.329 e. The van der Waals surface area contributed by atoms with Crippen molar-refractivity contribution in [3.8, 4) is 0 Å². The average molecular weight is 198 g/mol. The van der Waals surface area contributed by atoms with Crippen molar-refractivity contribution in [1.82, 2.24) is 4.90 Å². The molecule has 0 saturated carbocycles. The highest BCUT2D eigenvalue weighted by Crippen LogP contribution is 2.32. The van der Waals surface area contributed by atoms with E-state index in [9.17, 15) is 0 Å². The van der Waals surface area contributed by atoms with Crippen LogP contribution < -0.4 is 5.73 Å². The summed E-state index contributed by atoms with van der Waals surface area (Å²) in [5, 5.41) is 0. The van der Waals surface area contributed by atoms with Crippen LogP contribution >= 0.6 is 0 Å². The first-order chi connectivity index (χ1) is 6.72. The highest BCUT2D eigenvalue weighted by Gasteiger charge is 2.39. The summed E-state index contributed by atoms with van der Waals surface area (Å²) in [5.41, 5.74) is 6.23. The molecule has 0 unspecified atom stereocenters. The number of hydrogen-bond donors (Lipinski definition) is 1. The Bertz CT molecular complexity index is 149. The summed E-state index contributed by atoms with van der Waals surface area (Å²) in [6.45, 7) is 10.2. The molecule has 0 aromatic rings. The van der Waals surface area contributed by atoms with Gasteiger partial charge in [0.15, 0.2) is 0 Å². The quantitative estimate of drug-likeness (QED) is 0.709. The van der Waals surface area contributed by atoms with Crippen LogP contribution in [0.25, 0.3) is 0 Å². The van der Waals surface area contributed by atoms with Gasteiger partial charge >= 0.3 is 0 Å². The van der Waals surface area contributed by atoms with Crippen LogP contribution in [0, 0.1) is 5.92 Å². The van der Waals surface area contributed by atoms with E-state index in [1.807, 2.05) is 0 Å². The zero-order valence-corrected chi connectivity index (χ0v) is 10.1.